The van der Waals surface area contributed by atoms with Gasteiger partial charge in [0.25, 0.3) is 0 Å². The Morgan fingerprint density at radius 1 is 1.50 bits per heavy atom. The van der Waals surface area contributed by atoms with Gasteiger partial charge in [0, 0.05) is 22.4 Å². The van der Waals surface area contributed by atoms with Gasteiger partial charge in [-0.1, -0.05) is 6.07 Å². The van der Waals surface area contributed by atoms with Gasteiger partial charge >= 0.3 is 6.03 Å². The maximum atomic E-state index is 13.2. The predicted octanol–water partition coefficient (Wildman–Crippen LogP) is 3.13. The van der Waals surface area contributed by atoms with Gasteiger partial charge in [-0.2, -0.15) is 9.78 Å². The molecule has 1 amide bonds. The lowest BCUT2D eigenvalue weighted by Crippen LogP contribution is -2.20. The largest absolute Gasteiger partial charge is 0.350 e. The van der Waals surface area contributed by atoms with E-state index in [-0.39, 0.29) is 0 Å². The maximum absolute atomic E-state index is 13.2. The van der Waals surface area contributed by atoms with E-state index < -0.39 is 11.8 Å². The average Bonchev–Trinajstić information content (AvgIpc) is 3.02. The van der Waals surface area contributed by atoms with Crippen LogP contribution in [0.15, 0.2) is 29.6 Å². The van der Waals surface area contributed by atoms with E-state index in [4.69, 9.17) is 5.73 Å². The van der Waals surface area contributed by atoms with Crippen LogP contribution in [0.4, 0.5) is 9.18 Å². The molecule has 0 saturated heterocycles. The topological polar surface area (TPSA) is 60.9 Å². The molecule has 0 aliphatic heterocycles. The van der Waals surface area contributed by atoms with Gasteiger partial charge < -0.3 is 5.73 Å². The van der Waals surface area contributed by atoms with E-state index in [9.17, 15) is 9.18 Å². The zero-order chi connectivity index (χ0) is 14.1. The van der Waals surface area contributed by atoms with Crippen LogP contribution >= 0.6 is 11.3 Å². The third-order valence-electron chi connectivity index (χ3n) is 2.76. The summed E-state index contributed by atoms with van der Waals surface area (Å²) in [7, 11) is 0. The first-order chi connectivity index (χ1) is 9.65. The van der Waals surface area contributed by atoms with Gasteiger partial charge in [0.2, 0.25) is 0 Å². The molecule has 0 aliphatic rings. The SMILES string of the molecule is NC(=O)n1nc(/C=C/c2cccs2)c2c[c]c(F)cc21. The number of primary amides is 1. The highest BCUT2D eigenvalue weighted by molar-refractivity contribution is 7.10. The van der Waals surface area contributed by atoms with Crippen LogP contribution in [0.2, 0.25) is 0 Å². The number of thiophene rings is 1. The Bertz CT molecular complexity index is 805. The second kappa shape index (κ2) is 4.90. The lowest BCUT2D eigenvalue weighted by molar-refractivity contribution is 0.248. The van der Waals surface area contributed by atoms with Crippen LogP contribution in [0.25, 0.3) is 23.1 Å². The third kappa shape index (κ3) is 2.21. The Hall–Kier alpha value is -2.47. The Kier molecular flexibility index (Phi) is 3.08. The third-order valence-corrected chi connectivity index (χ3v) is 3.60. The van der Waals surface area contributed by atoms with Crippen molar-refractivity contribution in [3.8, 4) is 0 Å². The Morgan fingerprint density at radius 2 is 2.35 bits per heavy atom. The van der Waals surface area contributed by atoms with Gasteiger partial charge in [0.1, 0.15) is 5.82 Å². The summed E-state index contributed by atoms with van der Waals surface area (Å²) in [5, 5.41) is 6.69. The second-order valence-corrected chi connectivity index (χ2v) is 5.04. The molecule has 3 rings (SSSR count). The van der Waals surface area contributed by atoms with Crippen molar-refractivity contribution < 1.29 is 9.18 Å². The van der Waals surface area contributed by atoms with Crippen molar-refractivity contribution in [1.82, 2.24) is 9.78 Å². The molecule has 0 unspecified atom stereocenters. The summed E-state index contributed by atoms with van der Waals surface area (Å²) >= 11 is 1.58. The minimum atomic E-state index is -0.753. The van der Waals surface area contributed by atoms with Gasteiger partial charge in [-0.25, -0.2) is 9.18 Å². The predicted molar refractivity (Wildman–Crippen MR) is 76.8 cm³/mol. The molecule has 1 aromatic carbocycles. The molecule has 0 spiro atoms. The maximum Gasteiger partial charge on any atom is 0.340 e. The molecule has 4 nitrogen and oxygen atoms in total. The highest BCUT2D eigenvalue weighted by atomic mass is 32.1. The molecule has 20 heavy (non-hydrogen) atoms. The van der Waals surface area contributed by atoms with Crippen LogP contribution in [0.5, 0.6) is 0 Å². The first kappa shape index (κ1) is 12.6. The molecule has 2 aromatic heterocycles. The summed E-state index contributed by atoms with van der Waals surface area (Å²) in [5.74, 6) is -0.561. The lowest BCUT2D eigenvalue weighted by Gasteiger charge is -1.95. The number of fused-ring (bicyclic) bond motifs is 1. The summed E-state index contributed by atoms with van der Waals surface area (Å²) in [6.45, 7) is 0. The van der Waals surface area contributed by atoms with Crippen molar-refractivity contribution in [1.29, 1.82) is 0 Å². The summed E-state index contributed by atoms with van der Waals surface area (Å²) < 4.78 is 14.2. The fourth-order valence-corrected chi connectivity index (χ4v) is 2.51. The number of nitrogens with zero attached hydrogens (tertiary/aromatic N) is 2. The van der Waals surface area contributed by atoms with Crippen LogP contribution in [0, 0.1) is 11.9 Å². The van der Waals surface area contributed by atoms with Gasteiger partial charge in [-0.05, 0) is 29.7 Å². The van der Waals surface area contributed by atoms with Crippen molar-refractivity contribution in [3.63, 3.8) is 0 Å². The van der Waals surface area contributed by atoms with Gasteiger partial charge in [0.05, 0.1) is 11.2 Å². The van der Waals surface area contributed by atoms with Crippen LogP contribution in [-0.2, 0) is 0 Å². The molecule has 2 N–H and O–H groups in total. The van der Waals surface area contributed by atoms with E-state index >= 15 is 0 Å². The zero-order valence-corrected chi connectivity index (χ0v) is 11.0. The number of hydrogen-bond acceptors (Lipinski definition) is 3. The summed E-state index contributed by atoms with van der Waals surface area (Å²) in [5.41, 5.74) is 6.12. The van der Waals surface area contributed by atoms with Gasteiger partial charge in [0.15, 0.2) is 0 Å². The molecule has 6 heteroatoms. The Labute approximate surface area is 117 Å². The van der Waals surface area contributed by atoms with E-state index in [2.05, 4.69) is 11.2 Å². The number of aromatic nitrogens is 2. The number of rotatable bonds is 2. The molecule has 3 aromatic rings. The molecule has 99 valence electrons. The molecule has 0 atom stereocenters. The monoisotopic (exact) mass is 286 g/mol. The minimum Gasteiger partial charge on any atom is -0.350 e. The molecule has 0 bridgehead atoms. The molecule has 0 saturated carbocycles. The van der Waals surface area contributed by atoms with Crippen LogP contribution in [-0.4, -0.2) is 15.8 Å². The van der Waals surface area contributed by atoms with Crippen molar-refractivity contribution in [2.45, 2.75) is 0 Å². The van der Waals surface area contributed by atoms with E-state index in [1.54, 1.807) is 17.4 Å². The van der Waals surface area contributed by atoms with Crippen molar-refractivity contribution in [2.24, 2.45) is 5.73 Å². The first-order valence-electron chi connectivity index (χ1n) is 5.76. The van der Waals surface area contributed by atoms with E-state index in [1.165, 1.54) is 12.1 Å². The average molecular weight is 286 g/mol. The Balaban J connectivity index is 2.14. The number of nitrogens with two attached hydrogens (primary N) is 1. The molecular formula is C14H9FN3OS. The van der Waals surface area contributed by atoms with Gasteiger partial charge in [-0.3, -0.25) is 0 Å². The fourth-order valence-electron chi connectivity index (χ4n) is 1.89. The van der Waals surface area contributed by atoms with Crippen LogP contribution < -0.4 is 5.73 Å². The second-order valence-electron chi connectivity index (χ2n) is 4.06. The lowest BCUT2D eigenvalue weighted by atomic mass is 10.2. The standard InChI is InChI=1S/C14H9FN3OS/c15-9-3-5-11-12(6-4-10-2-1-7-20-10)17-18(14(16)19)13(11)8-9/h1-2,4-8H,(H2,16,19)/b6-4+. The number of hydrogen-bond donors (Lipinski definition) is 1. The number of carbonyl (C=O) groups is 1. The zero-order valence-electron chi connectivity index (χ0n) is 10.2. The van der Waals surface area contributed by atoms with E-state index in [0.717, 1.165) is 9.56 Å². The van der Waals surface area contributed by atoms with Gasteiger partial charge in [-0.15, -0.1) is 11.3 Å². The first-order valence-corrected chi connectivity index (χ1v) is 6.64. The summed E-state index contributed by atoms with van der Waals surface area (Å²) in [6.07, 6.45) is 3.64. The molecule has 0 aliphatic carbocycles. The highest BCUT2D eigenvalue weighted by Gasteiger charge is 2.12. The molecule has 0 fully saturated rings. The van der Waals surface area contributed by atoms with Crippen molar-refractivity contribution in [2.75, 3.05) is 0 Å². The highest BCUT2D eigenvalue weighted by Crippen LogP contribution is 2.22. The summed E-state index contributed by atoms with van der Waals surface area (Å²) in [4.78, 5) is 12.4. The smallest absolute Gasteiger partial charge is 0.340 e. The Morgan fingerprint density at radius 3 is 3.05 bits per heavy atom. The van der Waals surface area contributed by atoms with Crippen LogP contribution in [0.1, 0.15) is 10.6 Å². The fraction of sp³-hybridized carbons (Fsp3) is 0. The molecule has 1 radical (unpaired) electrons. The van der Waals surface area contributed by atoms with E-state index in [0.29, 0.717) is 16.6 Å². The van der Waals surface area contributed by atoms with Crippen molar-refractivity contribution in [3.05, 3.63) is 52.1 Å². The number of benzene rings is 1. The quantitative estimate of drug-likeness (QED) is 0.786. The molecular weight excluding hydrogens is 277 g/mol. The van der Waals surface area contributed by atoms with Crippen molar-refractivity contribution >= 4 is 40.4 Å². The van der Waals surface area contributed by atoms with E-state index in [1.807, 2.05) is 23.6 Å². The normalized spacial score (nSPS) is 11.4. The number of halogens is 1. The molecule has 2 heterocycles. The number of carbonyl (C=O) groups excluding carboxylic acids is 1. The summed E-state index contributed by atoms with van der Waals surface area (Å²) in [6, 6.07) is 8.25. The number of amides is 1. The van der Waals surface area contributed by atoms with Crippen LogP contribution in [0.3, 0.4) is 0 Å². The minimum absolute atomic E-state index is 0.333.